The molecule has 1 N–H and O–H groups in total. The number of hydrogen-bond donors (Lipinski definition) is 1. The smallest absolute Gasteiger partial charge is 0.124 e. The van der Waals surface area contributed by atoms with Gasteiger partial charge in [-0.05, 0) is 25.1 Å². The molecule has 1 aliphatic heterocycles. The molecule has 0 amide bonds. The first kappa shape index (κ1) is 13.4. The monoisotopic (exact) mass is 290 g/mol. The number of nitrogens with zero attached hydrogens (tertiary/aromatic N) is 1. The molecule has 2 heterocycles. The van der Waals surface area contributed by atoms with Gasteiger partial charge in [0.1, 0.15) is 16.5 Å². The lowest BCUT2D eigenvalue weighted by molar-refractivity contribution is 0.251. The van der Waals surface area contributed by atoms with E-state index in [-0.39, 0.29) is 6.04 Å². The van der Waals surface area contributed by atoms with E-state index in [1.54, 1.807) is 18.4 Å². The molecule has 1 atom stereocenters. The Morgan fingerprint density at radius 1 is 1.50 bits per heavy atom. The maximum atomic E-state index is 5.70. The Hall–Kier alpha value is -1.59. The van der Waals surface area contributed by atoms with Crippen molar-refractivity contribution in [2.45, 2.75) is 25.9 Å². The molecule has 0 radical (unpaired) electrons. The zero-order valence-corrected chi connectivity index (χ0v) is 12.5. The van der Waals surface area contributed by atoms with Crippen molar-refractivity contribution in [3.8, 4) is 11.5 Å². The fraction of sp³-hybridized carbons (Fsp3) is 0.400. The van der Waals surface area contributed by atoms with E-state index in [4.69, 9.17) is 9.47 Å². The van der Waals surface area contributed by atoms with Crippen LogP contribution < -0.4 is 14.8 Å². The van der Waals surface area contributed by atoms with Crippen LogP contribution in [0.5, 0.6) is 11.5 Å². The third-order valence-electron chi connectivity index (χ3n) is 3.43. The number of aromatic nitrogens is 1. The van der Waals surface area contributed by atoms with Gasteiger partial charge in [-0.3, -0.25) is 0 Å². The van der Waals surface area contributed by atoms with Crippen molar-refractivity contribution >= 4 is 11.3 Å². The number of nitrogens with one attached hydrogen (secondary N) is 1. The largest absolute Gasteiger partial charge is 0.497 e. The van der Waals surface area contributed by atoms with Crippen LogP contribution in [0.15, 0.2) is 24.4 Å². The van der Waals surface area contributed by atoms with E-state index < -0.39 is 0 Å². The van der Waals surface area contributed by atoms with Gasteiger partial charge in [-0.25, -0.2) is 4.98 Å². The minimum absolute atomic E-state index is 0.290. The molecule has 1 aromatic carbocycles. The summed E-state index contributed by atoms with van der Waals surface area (Å²) >= 11 is 1.74. The Labute approximate surface area is 122 Å². The van der Waals surface area contributed by atoms with Crippen LogP contribution in [-0.4, -0.2) is 18.7 Å². The SMILES string of the molecule is COc1ccc2c(c1)C(NCc1ncc(C)s1)CCO2. The van der Waals surface area contributed by atoms with Gasteiger partial charge in [-0.1, -0.05) is 0 Å². The van der Waals surface area contributed by atoms with Gasteiger partial charge in [0.2, 0.25) is 0 Å². The quantitative estimate of drug-likeness (QED) is 0.940. The Kier molecular flexibility index (Phi) is 3.89. The van der Waals surface area contributed by atoms with Crippen LogP contribution in [0.1, 0.15) is 27.9 Å². The topological polar surface area (TPSA) is 43.4 Å². The van der Waals surface area contributed by atoms with Gasteiger partial charge < -0.3 is 14.8 Å². The molecule has 0 fully saturated rings. The van der Waals surface area contributed by atoms with Crippen LogP contribution in [0.2, 0.25) is 0 Å². The van der Waals surface area contributed by atoms with Crippen molar-refractivity contribution in [2.75, 3.05) is 13.7 Å². The molecule has 0 bridgehead atoms. The standard InChI is InChI=1S/C15H18N2O2S/c1-10-8-17-15(20-10)9-16-13-5-6-19-14-4-3-11(18-2)7-12(13)14/h3-4,7-8,13,16H,5-6,9H2,1-2H3. The maximum Gasteiger partial charge on any atom is 0.124 e. The maximum absolute atomic E-state index is 5.70. The van der Waals surface area contributed by atoms with Gasteiger partial charge >= 0.3 is 0 Å². The summed E-state index contributed by atoms with van der Waals surface area (Å²) in [5, 5.41) is 4.69. The second-order valence-corrected chi connectivity index (χ2v) is 6.16. The van der Waals surface area contributed by atoms with Crippen molar-refractivity contribution in [3.63, 3.8) is 0 Å². The predicted molar refractivity (Wildman–Crippen MR) is 79.5 cm³/mol. The molecule has 4 nitrogen and oxygen atoms in total. The second kappa shape index (κ2) is 5.81. The minimum Gasteiger partial charge on any atom is -0.497 e. The summed E-state index contributed by atoms with van der Waals surface area (Å²) in [5.41, 5.74) is 1.17. The Bertz CT molecular complexity index is 597. The van der Waals surface area contributed by atoms with E-state index in [1.165, 1.54) is 10.4 Å². The molecular formula is C15H18N2O2S. The average Bonchev–Trinajstić information content (AvgIpc) is 2.90. The summed E-state index contributed by atoms with van der Waals surface area (Å²) in [7, 11) is 1.69. The number of rotatable bonds is 4. The summed E-state index contributed by atoms with van der Waals surface area (Å²) < 4.78 is 11.0. The number of methoxy groups -OCH3 is 1. The van der Waals surface area contributed by atoms with Crippen LogP contribution in [0.4, 0.5) is 0 Å². The second-order valence-electron chi connectivity index (χ2n) is 4.84. The zero-order chi connectivity index (χ0) is 13.9. The average molecular weight is 290 g/mol. The van der Waals surface area contributed by atoms with Crippen LogP contribution in [0.3, 0.4) is 0 Å². The highest BCUT2D eigenvalue weighted by Gasteiger charge is 2.21. The first-order valence-electron chi connectivity index (χ1n) is 6.71. The van der Waals surface area contributed by atoms with Crippen LogP contribution in [-0.2, 0) is 6.54 Å². The molecule has 2 aromatic rings. The normalized spacial score (nSPS) is 17.4. The van der Waals surface area contributed by atoms with Crippen LogP contribution in [0, 0.1) is 6.92 Å². The number of fused-ring (bicyclic) bond motifs is 1. The molecule has 0 spiro atoms. The van der Waals surface area contributed by atoms with Gasteiger partial charge in [-0.15, -0.1) is 11.3 Å². The minimum atomic E-state index is 0.290. The van der Waals surface area contributed by atoms with E-state index in [1.807, 2.05) is 18.3 Å². The number of benzene rings is 1. The molecule has 0 aliphatic carbocycles. The van der Waals surface area contributed by atoms with Crippen molar-refractivity contribution in [3.05, 3.63) is 39.8 Å². The number of aryl methyl sites for hydroxylation is 1. The van der Waals surface area contributed by atoms with Crippen molar-refractivity contribution < 1.29 is 9.47 Å². The lowest BCUT2D eigenvalue weighted by Crippen LogP contribution is -2.26. The van der Waals surface area contributed by atoms with Crippen LogP contribution >= 0.6 is 11.3 Å². The van der Waals surface area contributed by atoms with E-state index >= 15 is 0 Å². The van der Waals surface area contributed by atoms with E-state index in [0.29, 0.717) is 0 Å². The van der Waals surface area contributed by atoms with E-state index in [9.17, 15) is 0 Å². The number of ether oxygens (including phenoxy) is 2. The highest BCUT2D eigenvalue weighted by molar-refractivity contribution is 7.11. The first-order valence-corrected chi connectivity index (χ1v) is 7.53. The van der Waals surface area contributed by atoms with Gasteiger partial charge in [0.25, 0.3) is 0 Å². The number of thiazole rings is 1. The predicted octanol–water partition coefficient (Wildman–Crippen LogP) is 3.07. The molecule has 1 aromatic heterocycles. The molecule has 106 valence electrons. The third-order valence-corrected chi connectivity index (χ3v) is 4.34. The molecule has 3 rings (SSSR count). The van der Waals surface area contributed by atoms with Gasteiger partial charge in [0.05, 0.1) is 13.7 Å². The van der Waals surface area contributed by atoms with Crippen LogP contribution in [0.25, 0.3) is 0 Å². The molecule has 1 unspecified atom stereocenters. The third kappa shape index (κ3) is 2.78. The summed E-state index contributed by atoms with van der Waals surface area (Å²) in [5.74, 6) is 1.82. The molecule has 0 saturated heterocycles. The van der Waals surface area contributed by atoms with Gasteiger partial charge in [0, 0.05) is 35.6 Å². The molecule has 0 saturated carbocycles. The Morgan fingerprint density at radius 2 is 2.40 bits per heavy atom. The summed E-state index contributed by atoms with van der Waals surface area (Å²) in [6.45, 7) is 3.61. The van der Waals surface area contributed by atoms with E-state index in [2.05, 4.69) is 23.3 Å². The lowest BCUT2D eigenvalue weighted by atomic mass is 10.0. The molecule has 20 heavy (non-hydrogen) atoms. The van der Waals surface area contributed by atoms with Gasteiger partial charge in [0.15, 0.2) is 0 Å². The Morgan fingerprint density at radius 3 is 3.15 bits per heavy atom. The highest BCUT2D eigenvalue weighted by Crippen LogP contribution is 2.34. The summed E-state index contributed by atoms with van der Waals surface area (Å²) in [6, 6.07) is 6.26. The van der Waals surface area contributed by atoms with Gasteiger partial charge in [-0.2, -0.15) is 0 Å². The van der Waals surface area contributed by atoms with Crippen molar-refractivity contribution in [1.29, 1.82) is 0 Å². The van der Waals surface area contributed by atoms with Crippen molar-refractivity contribution in [2.24, 2.45) is 0 Å². The molecular weight excluding hydrogens is 272 g/mol. The lowest BCUT2D eigenvalue weighted by Gasteiger charge is -2.27. The van der Waals surface area contributed by atoms with Crippen molar-refractivity contribution in [1.82, 2.24) is 10.3 Å². The number of hydrogen-bond acceptors (Lipinski definition) is 5. The summed E-state index contributed by atoms with van der Waals surface area (Å²) in [4.78, 5) is 5.64. The first-order chi connectivity index (χ1) is 9.76. The fourth-order valence-corrected chi connectivity index (χ4v) is 3.14. The van der Waals surface area contributed by atoms with E-state index in [0.717, 1.165) is 36.1 Å². The molecule has 1 aliphatic rings. The zero-order valence-electron chi connectivity index (χ0n) is 11.7. The Balaban J connectivity index is 1.75. The highest BCUT2D eigenvalue weighted by atomic mass is 32.1. The fourth-order valence-electron chi connectivity index (χ4n) is 2.41. The summed E-state index contributed by atoms with van der Waals surface area (Å²) in [6.07, 6.45) is 2.88. The molecule has 5 heteroatoms.